The largest absolute Gasteiger partial charge is 0.388 e. The fraction of sp³-hybridized carbons (Fsp3) is 0.579. The Morgan fingerprint density at radius 2 is 2.00 bits per heavy atom. The van der Waals surface area contributed by atoms with Gasteiger partial charge >= 0.3 is 0 Å². The van der Waals surface area contributed by atoms with Gasteiger partial charge in [-0.1, -0.05) is 0 Å². The molecule has 5 rings (SSSR count). The lowest BCUT2D eigenvalue weighted by atomic mass is 10.1. The van der Waals surface area contributed by atoms with Crippen molar-refractivity contribution in [3.8, 4) is 0 Å². The van der Waals surface area contributed by atoms with Crippen LogP contribution in [0.2, 0.25) is 0 Å². The second-order valence-corrected chi connectivity index (χ2v) is 10.5. The van der Waals surface area contributed by atoms with Crippen LogP contribution in [0.3, 0.4) is 0 Å². The number of fused-ring (bicyclic) bond motifs is 3. The van der Waals surface area contributed by atoms with E-state index in [1.54, 1.807) is 12.1 Å². The third-order valence-electron chi connectivity index (χ3n) is 6.07. The van der Waals surface area contributed by atoms with Crippen LogP contribution < -0.4 is 9.62 Å². The number of aliphatic hydroxyl groups is 1. The van der Waals surface area contributed by atoms with Gasteiger partial charge < -0.3 is 10.0 Å². The van der Waals surface area contributed by atoms with E-state index < -0.39 is 15.6 Å². The number of β-amino-alcohol motifs (C(OH)–C–C–N with tert-alkyl or cyclic N) is 1. The molecule has 2 heterocycles. The van der Waals surface area contributed by atoms with Crippen LogP contribution in [0.4, 0.5) is 5.69 Å². The number of sulfonamides is 1. The van der Waals surface area contributed by atoms with Crippen LogP contribution in [0, 0.1) is 0 Å². The van der Waals surface area contributed by atoms with Crippen LogP contribution in [-0.4, -0.2) is 60.6 Å². The Morgan fingerprint density at radius 1 is 1.29 bits per heavy atom. The highest BCUT2D eigenvalue weighted by Crippen LogP contribution is 2.41. The summed E-state index contributed by atoms with van der Waals surface area (Å²) in [4.78, 5) is 21.3. The van der Waals surface area contributed by atoms with E-state index in [0.717, 1.165) is 12.8 Å². The van der Waals surface area contributed by atoms with Crippen LogP contribution in [0.5, 0.6) is 0 Å². The van der Waals surface area contributed by atoms with E-state index in [2.05, 4.69) is 9.71 Å². The molecule has 28 heavy (non-hydrogen) atoms. The quantitative estimate of drug-likeness (QED) is 0.764. The maximum atomic E-state index is 13.2. The molecule has 0 bridgehead atoms. The number of guanidine groups is 1. The van der Waals surface area contributed by atoms with Gasteiger partial charge in [-0.25, -0.2) is 13.1 Å². The molecular weight excluding hydrogens is 380 g/mol. The Balaban J connectivity index is 1.56. The molecule has 0 aromatic heterocycles. The number of amides is 1. The second kappa shape index (κ2) is 5.55. The molecule has 150 valence electrons. The second-order valence-electron chi connectivity index (χ2n) is 8.82. The zero-order valence-electron chi connectivity index (χ0n) is 16.0. The van der Waals surface area contributed by atoms with E-state index in [1.165, 1.54) is 11.0 Å². The topological polar surface area (TPSA) is 102 Å². The summed E-state index contributed by atoms with van der Waals surface area (Å²) in [6.45, 7) is 4.62. The highest BCUT2D eigenvalue weighted by Gasteiger charge is 2.48. The van der Waals surface area contributed by atoms with Crippen LogP contribution in [-0.2, 0) is 10.0 Å². The monoisotopic (exact) mass is 404 g/mol. The number of hydrogen-bond acceptors (Lipinski definition) is 6. The van der Waals surface area contributed by atoms with Gasteiger partial charge in [-0.3, -0.25) is 14.7 Å². The van der Waals surface area contributed by atoms with Crippen molar-refractivity contribution in [1.82, 2.24) is 9.62 Å². The molecule has 2 aliphatic heterocycles. The van der Waals surface area contributed by atoms with Crippen molar-refractivity contribution >= 4 is 27.6 Å². The molecule has 2 aliphatic carbocycles. The van der Waals surface area contributed by atoms with Gasteiger partial charge in [0.25, 0.3) is 5.91 Å². The lowest BCUT2D eigenvalue weighted by Crippen LogP contribution is -2.54. The molecule has 1 aromatic carbocycles. The highest BCUT2D eigenvalue weighted by atomic mass is 32.2. The van der Waals surface area contributed by atoms with Crippen molar-refractivity contribution in [3.05, 3.63) is 23.8 Å². The summed E-state index contributed by atoms with van der Waals surface area (Å²) >= 11 is 0. The Hall–Kier alpha value is -1.97. The van der Waals surface area contributed by atoms with Gasteiger partial charge in [0.1, 0.15) is 0 Å². The molecule has 1 aromatic rings. The summed E-state index contributed by atoms with van der Waals surface area (Å²) in [5, 5.41) is 10.4. The van der Waals surface area contributed by atoms with Crippen LogP contribution in [0.25, 0.3) is 0 Å². The first kappa shape index (κ1) is 18.1. The van der Waals surface area contributed by atoms with E-state index in [-0.39, 0.29) is 28.9 Å². The molecule has 9 heteroatoms. The number of rotatable bonds is 5. The Bertz CT molecular complexity index is 1010. The zero-order chi connectivity index (χ0) is 19.9. The minimum atomic E-state index is -3.71. The first-order chi connectivity index (χ1) is 13.1. The van der Waals surface area contributed by atoms with Crippen molar-refractivity contribution in [1.29, 1.82) is 0 Å². The molecule has 2 N–H and O–H groups in total. The lowest BCUT2D eigenvalue weighted by Gasteiger charge is -2.38. The number of benzene rings is 1. The average Bonchev–Trinajstić information content (AvgIpc) is 3.51. The van der Waals surface area contributed by atoms with Gasteiger partial charge in [-0.2, -0.15) is 0 Å². The number of hydrogen-bond donors (Lipinski definition) is 2. The molecule has 0 unspecified atom stereocenters. The van der Waals surface area contributed by atoms with Crippen LogP contribution in [0.1, 0.15) is 49.9 Å². The number of nitrogens with zero attached hydrogens (tertiary/aromatic N) is 3. The Morgan fingerprint density at radius 3 is 2.64 bits per heavy atom. The van der Waals surface area contributed by atoms with Crippen molar-refractivity contribution in [2.45, 2.75) is 61.6 Å². The molecule has 0 spiro atoms. The van der Waals surface area contributed by atoms with Gasteiger partial charge in [0.2, 0.25) is 16.0 Å². The van der Waals surface area contributed by atoms with Gasteiger partial charge in [-0.15, -0.1) is 0 Å². The number of nitrogens with one attached hydrogen (secondary N) is 1. The Labute approximate surface area is 164 Å². The number of carbonyl (C=O) groups is 1. The molecular formula is C19H24N4O4S. The Kier molecular flexibility index (Phi) is 3.58. The summed E-state index contributed by atoms with van der Waals surface area (Å²) in [5.74, 6) is 0.235. The summed E-state index contributed by atoms with van der Waals surface area (Å²) in [6.07, 6.45) is 2.94. The highest BCUT2D eigenvalue weighted by molar-refractivity contribution is 7.89. The summed E-state index contributed by atoms with van der Waals surface area (Å²) < 4.78 is 28.3. The van der Waals surface area contributed by atoms with E-state index >= 15 is 0 Å². The summed E-state index contributed by atoms with van der Waals surface area (Å²) in [5.41, 5.74) is -0.243. The molecule has 0 radical (unpaired) electrons. The minimum absolute atomic E-state index is 0.0594. The van der Waals surface area contributed by atoms with Crippen LogP contribution in [0.15, 0.2) is 28.1 Å². The maximum Gasteiger partial charge on any atom is 0.262 e. The maximum absolute atomic E-state index is 13.2. The fourth-order valence-electron chi connectivity index (χ4n) is 3.84. The molecule has 2 saturated carbocycles. The molecule has 8 nitrogen and oxygen atoms in total. The number of aliphatic imine (C=N–C) groups is 1. The third-order valence-corrected chi connectivity index (χ3v) is 7.70. The normalized spacial score (nSPS) is 26.6. The predicted molar refractivity (Wildman–Crippen MR) is 104 cm³/mol. The fourth-order valence-corrected chi connectivity index (χ4v) is 5.33. The number of carbonyl (C=O) groups excluding carboxylic acids is 1. The molecule has 2 fully saturated rings. The predicted octanol–water partition coefficient (Wildman–Crippen LogP) is 1.06. The zero-order valence-corrected chi connectivity index (χ0v) is 16.8. The molecule has 0 saturated heterocycles. The van der Waals surface area contributed by atoms with Crippen molar-refractivity contribution in [3.63, 3.8) is 0 Å². The number of anilines is 1. The van der Waals surface area contributed by atoms with E-state index in [4.69, 9.17) is 0 Å². The first-order valence-electron chi connectivity index (χ1n) is 9.67. The summed E-state index contributed by atoms with van der Waals surface area (Å²) in [6, 6.07) is 4.76. The smallest absolute Gasteiger partial charge is 0.262 e. The lowest BCUT2D eigenvalue weighted by molar-refractivity contribution is 0.0708. The van der Waals surface area contributed by atoms with Gasteiger partial charge in [0, 0.05) is 5.54 Å². The summed E-state index contributed by atoms with van der Waals surface area (Å²) in [7, 11) is -3.71. The molecule has 1 atom stereocenters. The average molecular weight is 404 g/mol. The van der Waals surface area contributed by atoms with Crippen molar-refractivity contribution in [2.24, 2.45) is 4.99 Å². The standard InChI is InChI=1S/C19H24N4O4S/c1-12-10-20-17-22(11-19(25)7-8-19)16(24)14-9-13(3-4-15(14)23(12)17)28(26,27)21-18(2)5-6-18/h3-4,9,12,21,25H,5-8,10-11H2,1-2H3/t12-/m1/s1. The minimum Gasteiger partial charge on any atom is -0.388 e. The SMILES string of the molecule is C[C@@H]1CN=C2N(CC3(O)CC3)C(=O)c3cc(S(=O)(=O)NC4(C)CC4)ccc3N21. The van der Waals surface area contributed by atoms with Gasteiger partial charge in [0.05, 0.1) is 40.9 Å². The van der Waals surface area contributed by atoms with E-state index in [1.807, 2.05) is 18.7 Å². The van der Waals surface area contributed by atoms with E-state index in [0.29, 0.717) is 36.6 Å². The molecule has 1 amide bonds. The first-order valence-corrected chi connectivity index (χ1v) is 11.2. The van der Waals surface area contributed by atoms with Crippen molar-refractivity contribution < 1.29 is 18.3 Å². The third kappa shape index (κ3) is 2.84. The van der Waals surface area contributed by atoms with Gasteiger partial charge in [-0.05, 0) is 57.7 Å². The van der Waals surface area contributed by atoms with Crippen molar-refractivity contribution in [2.75, 3.05) is 18.0 Å². The van der Waals surface area contributed by atoms with Crippen LogP contribution >= 0.6 is 0 Å². The van der Waals surface area contributed by atoms with Gasteiger partial charge in [0.15, 0.2) is 0 Å². The van der Waals surface area contributed by atoms with E-state index in [9.17, 15) is 18.3 Å². The molecule has 4 aliphatic rings.